The Bertz CT molecular complexity index is 445. The molecule has 2 rings (SSSR count). The molecule has 1 heterocycles. The highest BCUT2D eigenvalue weighted by Crippen LogP contribution is 2.34. The number of carbonyl (C=O) groups is 1. The fraction of sp³-hybridized carbons (Fsp3) is 0.571. The standard InChI is InChI=1S/C14H20N2O4/c1-4-20-14(19-3)16(13(17)10-5-6-10)11-7-8-12(18-2)15-9-11/h7-10,14H,4-6H2,1-3H3. The Morgan fingerprint density at radius 2 is 2.20 bits per heavy atom. The van der Waals surface area contributed by atoms with Crippen LogP contribution < -0.4 is 9.64 Å². The van der Waals surface area contributed by atoms with Crippen molar-refractivity contribution in [1.82, 2.24) is 4.98 Å². The maximum atomic E-state index is 12.4. The lowest BCUT2D eigenvalue weighted by Gasteiger charge is -2.29. The Morgan fingerprint density at radius 3 is 2.65 bits per heavy atom. The zero-order valence-corrected chi connectivity index (χ0v) is 12.0. The normalized spacial score (nSPS) is 15.8. The topological polar surface area (TPSA) is 60.9 Å². The number of rotatable bonds is 7. The van der Waals surface area contributed by atoms with Gasteiger partial charge in [-0.1, -0.05) is 0 Å². The molecule has 0 aliphatic heterocycles. The van der Waals surface area contributed by atoms with Crippen LogP contribution in [0.3, 0.4) is 0 Å². The summed E-state index contributed by atoms with van der Waals surface area (Å²) in [6, 6.07) is 3.48. The monoisotopic (exact) mass is 280 g/mol. The summed E-state index contributed by atoms with van der Waals surface area (Å²) in [6.07, 6.45) is 2.69. The third-order valence-electron chi connectivity index (χ3n) is 3.09. The van der Waals surface area contributed by atoms with E-state index in [9.17, 15) is 4.79 Å². The van der Waals surface area contributed by atoms with Crippen LogP contribution in [0.15, 0.2) is 18.3 Å². The number of anilines is 1. The summed E-state index contributed by atoms with van der Waals surface area (Å²) >= 11 is 0. The summed E-state index contributed by atoms with van der Waals surface area (Å²) in [5.74, 6) is 0.574. The number of pyridine rings is 1. The number of amides is 1. The van der Waals surface area contributed by atoms with E-state index >= 15 is 0 Å². The lowest BCUT2D eigenvalue weighted by molar-refractivity contribution is -0.143. The first-order valence-electron chi connectivity index (χ1n) is 6.68. The van der Waals surface area contributed by atoms with Gasteiger partial charge in [-0.3, -0.25) is 9.69 Å². The smallest absolute Gasteiger partial charge is 0.246 e. The number of hydrogen-bond acceptors (Lipinski definition) is 5. The van der Waals surface area contributed by atoms with Crippen molar-refractivity contribution in [2.24, 2.45) is 5.92 Å². The van der Waals surface area contributed by atoms with Crippen molar-refractivity contribution in [3.63, 3.8) is 0 Å². The molecule has 6 heteroatoms. The van der Waals surface area contributed by atoms with E-state index in [0.717, 1.165) is 12.8 Å². The Balaban J connectivity index is 2.25. The molecule has 1 unspecified atom stereocenters. The van der Waals surface area contributed by atoms with Crippen LogP contribution in [-0.4, -0.2) is 38.1 Å². The average molecular weight is 280 g/mol. The van der Waals surface area contributed by atoms with Crippen molar-refractivity contribution in [3.05, 3.63) is 18.3 Å². The second kappa shape index (κ2) is 6.67. The van der Waals surface area contributed by atoms with Crippen LogP contribution in [0.1, 0.15) is 19.8 Å². The molecule has 1 aromatic rings. The van der Waals surface area contributed by atoms with E-state index in [1.54, 1.807) is 25.4 Å². The van der Waals surface area contributed by atoms with E-state index in [1.807, 2.05) is 6.92 Å². The Hall–Kier alpha value is -1.66. The van der Waals surface area contributed by atoms with Crippen LogP contribution in [0.5, 0.6) is 5.88 Å². The first-order chi connectivity index (χ1) is 9.71. The summed E-state index contributed by atoms with van der Waals surface area (Å²) in [6.45, 7) is 2.31. The number of carbonyl (C=O) groups excluding carboxylic acids is 1. The highest BCUT2D eigenvalue weighted by molar-refractivity contribution is 5.96. The van der Waals surface area contributed by atoms with E-state index in [0.29, 0.717) is 18.2 Å². The first kappa shape index (κ1) is 14.7. The van der Waals surface area contributed by atoms with Crippen LogP contribution >= 0.6 is 0 Å². The third-order valence-corrected chi connectivity index (χ3v) is 3.09. The second-order valence-corrected chi connectivity index (χ2v) is 4.54. The van der Waals surface area contributed by atoms with Crippen molar-refractivity contribution in [1.29, 1.82) is 0 Å². The molecular formula is C14H20N2O4. The van der Waals surface area contributed by atoms with Gasteiger partial charge >= 0.3 is 0 Å². The number of hydrogen-bond donors (Lipinski definition) is 0. The molecule has 0 aromatic carbocycles. The first-order valence-corrected chi connectivity index (χ1v) is 6.68. The van der Waals surface area contributed by atoms with Gasteiger partial charge in [-0.05, 0) is 25.8 Å². The van der Waals surface area contributed by atoms with Gasteiger partial charge in [0.15, 0.2) is 0 Å². The summed E-state index contributed by atoms with van der Waals surface area (Å²) in [4.78, 5) is 18.1. The van der Waals surface area contributed by atoms with Crippen LogP contribution in [0, 0.1) is 5.92 Å². The molecule has 6 nitrogen and oxygen atoms in total. The van der Waals surface area contributed by atoms with Gasteiger partial charge in [0.05, 0.1) is 19.0 Å². The van der Waals surface area contributed by atoms with Gasteiger partial charge in [0.2, 0.25) is 18.2 Å². The van der Waals surface area contributed by atoms with E-state index < -0.39 is 6.41 Å². The molecule has 0 bridgehead atoms. The van der Waals surface area contributed by atoms with Gasteiger partial charge in [-0.25, -0.2) is 4.98 Å². The molecule has 0 spiro atoms. The zero-order chi connectivity index (χ0) is 14.5. The molecule has 1 aliphatic rings. The summed E-state index contributed by atoms with van der Waals surface area (Å²) in [7, 11) is 3.07. The molecule has 1 amide bonds. The van der Waals surface area contributed by atoms with E-state index in [-0.39, 0.29) is 11.8 Å². The van der Waals surface area contributed by atoms with Crippen molar-refractivity contribution in [3.8, 4) is 5.88 Å². The largest absolute Gasteiger partial charge is 0.481 e. The van der Waals surface area contributed by atoms with Crippen LogP contribution in [0.2, 0.25) is 0 Å². The minimum Gasteiger partial charge on any atom is -0.481 e. The number of methoxy groups -OCH3 is 2. The summed E-state index contributed by atoms with van der Waals surface area (Å²) in [5, 5.41) is 0. The highest BCUT2D eigenvalue weighted by Gasteiger charge is 2.37. The molecule has 1 aliphatic carbocycles. The maximum Gasteiger partial charge on any atom is 0.246 e. The molecule has 1 fully saturated rings. The fourth-order valence-corrected chi connectivity index (χ4v) is 1.91. The van der Waals surface area contributed by atoms with E-state index in [1.165, 1.54) is 12.0 Å². The van der Waals surface area contributed by atoms with Gasteiger partial charge in [0.25, 0.3) is 0 Å². The van der Waals surface area contributed by atoms with Crippen LogP contribution in [0.4, 0.5) is 5.69 Å². The maximum absolute atomic E-state index is 12.4. The van der Waals surface area contributed by atoms with Gasteiger partial charge < -0.3 is 14.2 Å². The lowest BCUT2D eigenvalue weighted by Crippen LogP contribution is -2.44. The quantitative estimate of drug-likeness (QED) is 0.713. The predicted molar refractivity (Wildman–Crippen MR) is 73.4 cm³/mol. The molecule has 110 valence electrons. The molecule has 1 saturated carbocycles. The van der Waals surface area contributed by atoms with Crippen molar-refractivity contribution < 1.29 is 19.0 Å². The average Bonchev–Trinajstić information content (AvgIpc) is 3.31. The molecule has 1 aromatic heterocycles. The molecule has 1 atom stereocenters. The second-order valence-electron chi connectivity index (χ2n) is 4.54. The lowest BCUT2D eigenvalue weighted by atomic mass is 10.3. The molecule has 0 N–H and O–H groups in total. The summed E-state index contributed by atoms with van der Waals surface area (Å²) in [5.41, 5.74) is 0.642. The van der Waals surface area contributed by atoms with E-state index in [2.05, 4.69) is 4.98 Å². The highest BCUT2D eigenvalue weighted by atomic mass is 16.7. The van der Waals surface area contributed by atoms with Crippen molar-refractivity contribution >= 4 is 11.6 Å². The molecular weight excluding hydrogens is 260 g/mol. The van der Waals surface area contributed by atoms with Gasteiger partial charge in [-0.2, -0.15) is 0 Å². The Kier molecular flexibility index (Phi) is 4.92. The Labute approximate surface area is 118 Å². The SMILES string of the molecule is CCOC(OC)N(C(=O)C1CC1)c1ccc(OC)nc1. The van der Waals surface area contributed by atoms with Gasteiger partial charge in [0.1, 0.15) is 0 Å². The predicted octanol–water partition coefficient (Wildman–Crippen LogP) is 1.80. The number of ether oxygens (including phenoxy) is 3. The molecule has 0 saturated heterocycles. The van der Waals surface area contributed by atoms with Crippen LogP contribution in [0.25, 0.3) is 0 Å². The molecule has 20 heavy (non-hydrogen) atoms. The third kappa shape index (κ3) is 3.26. The van der Waals surface area contributed by atoms with Crippen LogP contribution in [-0.2, 0) is 14.3 Å². The zero-order valence-electron chi connectivity index (χ0n) is 12.0. The van der Waals surface area contributed by atoms with E-state index in [4.69, 9.17) is 14.2 Å². The van der Waals surface area contributed by atoms with Gasteiger partial charge in [-0.15, -0.1) is 0 Å². The Morgan fingerprint density at radius 1 is 1.45 bits per heavy atom. The van der Waals surface area contributed by atoms with Crippen molar-refractivity contribution in [2.75, 3.05) is 25.7 Å². The minimum absolute atomic E-state index is 0.0114. The fourth-order valence-electron chi connectivity index (χ4n) is 1.91. The number of aromatic nitrogens is 1. The minimum atomic E-state index is -0.733. The summed E-state index contributed by atoms with van der Waals surface area (Å²) < 4.78 is 15.8. The van der Waals surface area contributed by atoms with Crippen molar-refractivity contribution in [2.45, 2.75) is 26.2 Å². The number of nitrogens with zero attached hydrogens (tertiary/aromatic N) is 2. The van der Waals surface area contributed by atoms with Gasteiger partial charge in [0, 0.05) is 25.7 Å². The molecule has 0 radical (unpaired) electrons.